The highest BCUT2D eigenvalue weighted by atomic mass is 35.5. The predicted molar refractivity (Wildman–Crippen MR) is 62.1 cm³/mol. The van der Waals surface area contributed by atoms with Crippen LogP contribution >= 0.6 is 11.6 Å². The minimum absolute atomic E-state index is 0.225. The van der Waals surface area contributed by atoms with E-state index < -0.39 is 0 Å². The summed E-state index contributed by atoms with van der Waals surface area (Å²) in [5.74, 6) is -0.743. The van der Waals surface area contributed by atoms with Gasteiger partial charge in [0.2, 0.25) is 11.8 Å². The largest absolute Gasteiger partial charge is 0.399 e. The Labute approximate surface area is 98.0 Å². The van der Waals surface area contributed by atoms with Crippen LogP contribution in [-0.2, 0) is 9.59 Å². The highest BCUT2D eigenvalue weighted by molar-refractivity contribution is 6.36. The summed E-state index contributed by atoms with van der Waals surface area (Å²) in [5, 5.41) is 0.352. The van der Waals surface area contributed by atoms with Crippen molar-refractivity contribution in [2.45, 2.75) is 13.3 Å². The molecule has 2 amide bonds. The molecular weight excluding hydrogens is 228 g/mol. The second-order valence-corrected chi connectivity index (χ2v) is 4.29. The first-order valence-corrected chi connectivity index (χ1v) is 5.30. The number of hydrogen-bond donors (Lipinski definition) is 1. The summed E-state index contributed by atoms with van der Waals surface area (Å²) in [6, 6.07) is 4.74. The lowest BCUT2D eigenvalue weighted by molar-refractivity contribution is -0.122. The van der Waals surface area contributed by atoms with Crippen molar-refractivity contribution in [2.24, 2.45) is 5.92 Å². The monoisotopic (exact) mass is 238 g/mol. The second-order valence-electron chi connectivity index (χ2n) is 3.88. The van der Waals surface area contributed by atoms with Gasteiger partial charge in [-0.15, -0.1) is 0 Å². The molecule has 2 rings (SSSR count). The third-order valence-electron chi connectivity index (χ3n) is 2.58. The van der Waals surface area contributed by atoms with E-state index >= 15 is 0 Å². The zero-order valence-electron chi connectivity index (χ0n) is 8.74. The van der Waals surface area contributed by atoms with Gasteiger partial charge in [-0.3, -0.25) is 9.59 Å². The molecule has 1 aliphatic heterocycles. The van der Waals surface area contributed by atoms with Crippen LogP contribution in [0.2, 0.25) is 5.02 Å². The molecule has 0 spiro atoms. The lowest BCUT2D eigenvalue weighted by Gasteiger charge is -2.16. The number of imide groups is 1. The molecule has 1 atom stereocenters. The standard InChI is InChI=1S/C11H11ClN2O2/c1-6-4-10(15)14(11(6)16)9-5-7(13)2-3-8(9)12/h2-3,5-6H,4,13H2,1H3. The third-order valence-corrected chi connectivity index (χ3v) is 2.90. The molecule has 1 fully saturated rings. The zero-order valence-corrected chi connectivity index (χ0v) is 9.49. The van der Waals surface area contributed by atoms with Gasteiger partial charge in [0.05, 0.1) is 10.7 Å². The highest BCUT2D eigenvalue weighted by Crippen LogP contribution is 2.33. The van der Waals surface area contributed by atoms with Crippen molar-refractivity contribution in [3.8, 4) is 0 Å². The molecule has 1 aromatic rings. The van der Waals surface area contributed by atoms with Crippen LogP contribution in [0, 0.1) is 5.92 Å². The van der Waals surface area contributed by atoms with Crippen LogP contribution in [0.25, 0.3) is 0 Å². The Bertz CT molecular complexity index is 473. The van der Waals surface area contributed by atoms with Gasteiger partial charge in [0, 0.05) is 18.0 Å². The lowest BCUT2D eigenvalue weighted by atomic mass is 10.1. The van der Waals surface area contributed by atoms with Crippen LogP contribution in [0.1, 0.15) is 13.3 Å². The summed E-state index contributed by atoms with van der Waals surface area (Å²) in [6.45, 7) is 1.72. The number of amides is 2. The second kappa shape index (κ2) is 3.79. The van der Waals surface area contributed by atoms with Crippen LogP contribution in [0.5, 0.6) is 0 Å². The molecule has 5 heteroatoms. The topological polar surface area (TPSA) is 63.4 Å². The van der Waals surface area contributed by atoms with Crippen molar-refractivity contribution in [2.75, 3.05) is 10.6 Å². The van der Waals surface area contributed by atoms with Gasteiger partial charge in [0.1, 0.15) is 0 Å². The smallest absolute Gasteiger partial charge is 0.237 e. The summed E-state index contributed by atoms with van der Waals surface area (Å²) in [7, 11) is 0. The molecule has 16 heavy (non-hydrogen) atoms. The highest BCUT2D eigenvalue weighted by Gasteiger charge is 2.37. The normalized spacial score (nSPS) is 20.6. The first kappa shape index (κ1) is 11.0. The van der Waals surface area contributed by atoms with Crippen molar-refractivity contribution < 1.29 is 9.59 Å². The minimum atomic E-state index is -0.287. The van der Waals surface area contributed by atoms with Gasteiger partial charge < -0.3 is 5.73 Å². The number of nitrogens with two attached hydrogens (primary N) is 1. The molecule has 4 nitrogen and oxygen atoms in total. The van der Waals surface area contributed by atoms with Gasteiger partial charge >= 0.3 is 0 Å². The first-order valence-electron chi connectivity index (χ1n) is 4.92. The quantitative estimate of drug-likeness (QED) is 0.600. The van der Waals surface area contributed by atoms with E-state index in [2.05, 4.69) is 0 Å². The van der Waals surface area contributed by atoms with E-state index in [1.165, 1.54) is 6.07 Å². The van der Waals surface area contributed by atoms with Crippen LogP contribution in [0.15, 0.2) is 18.2 Å². The average Bonchev–Trinajstić information content (AvgIpc) is 2.46. The summed E-state index contributed by atoms with van der Waals surface area (Å²) >= 11 is 5.95. The van der Waals surface area contributed by atoms with Crippen LogP contribution < -0.4 is 10.6 Å². The van der Waals surface area contributed by atoms with Crippen LogP contribution in [0.4, 0.5) is 11.4 Å². The summed E-state index contributed by atoms with van der Waals surface area (Å²) in [5.41, 5.74) is 6.46. The van der Waals surface area contributed by atoms with Crippen molar-refractivity contribution in [1.82, 2.24) is 0 Å². The molecular formula is C11H11ClN2O2. The van der Waals surface area contributed by atoms with E-state index in [1.807, 2.05) is 0 Å². The molecule has 0 aromatic heterocycles. The van der Waals surface area contributed by atoms with E-state index in [0.29, 0.717) is 16.4 Å². The number of carbonyl (C=O) groups is 2. The van der Waals surface area contributed by atoms with Gasteiger partial charge in [-0.1, -0.05) is 18.5 Å². The molecule has 1 saturated heterocycles. The molecule has 2 N–H and O–H groups in total. The molecule has 0 bridgehead atoms. The number of carbonyl (C=O) groups excluding carboxylic acids is 2. The fourth-order valence-corrected chi connectivity index (χ4v) is 1.94. The van der Waals surface area contributed by atoms with E-state index in [9.17, 15) is 9.59 Å². The van der Waals surface area contributed by atoms with Gasteiger partial charge in [0.25, 0.3) is 0 Å². The Morgan fingerprint density at radius 1 is 1.44 bits per heavy atom. The fraction of sp³-hybridized carbons (Fsp3) is 0.273. The average molecular weight is 239 g/mol. The van der Waals surface area contributed by atoms with Gasteiger partial charge in [-0.05, 0) is 18.2 Å². The maximum absolute atomic E-state index is 11.8. The van der Waals surface area contributed by atoms with Crippen molar-refractivity contribution in [3.63, 3.8) is 0 Å². The van der Waals surface area contributed by atoms with Crippen LogP contribution in [-0.4, -0.2) is 11.8 Å². The molecule has 1 aromatic carbocycles. The van der Waals surface area contributed by atoms with Gasteiger partial charge in [-0.2, -0.15) is 0 Å². The van der Waals surface area contributed by atoms with Crippen LogP contribution in [0.3, 0.4) is 0 Å². The number of anilines is 2. The first-order chi connectivity index (χ1) is 7.50. The van der Waals surface area contributed by atoms with Gasteiger partial charge in [0.15, 0.2) is 0 Å². The lowest BCUT2D eigenvalue weighted by Crippen LogP contribution is -2.30. The Morgan fingerprint density at radius 2 is 2.12 bits per heavy atom. The Balaban J connectivity index is 2.48. The Hall–Kier alpha value is -1.55. The fourth-order valence-electron chi connectivity index (χ4n) is 1.74. The van der Waals surface area contributed by atoms with Crippen molar-refractivity contribution in [3.05, 3.63) is 23.2 Å². The van der Waals surface area contributed by atoms with E-state index in [1.54, 1.807) is 19.1 Å². The minimum Gasteiger partial charge on any atom is -0.399 e. The SMILES string of the molecule is CC1CC(=O)N(c2cc(N)ccc2Cl)C1=O. The van der Waals surface area contributed by atoms with Gasteiger partial charge in [-0.25, -0.2) is 4.90 Å². The maximum atomic E-state index is 11.8. The number of nitrogen functional groups attached to an aromatic ring is 1. The molecule has 1 aliphatic rings. The molecule has 0 saturated carbocycles. The number of hydrogen-bond acceptors (Lipinski definition) is 3. The van der Waals surface area contributed by atoms with E-state index in [0.717, 1.165) is 4.90 Å². The molecule has 0 radical (unpaired) electrons. The van der Waals surface area contributed by atoms with E-state index in [-0.39, 0.29) is 24.2 Å². The predicted octanol–water partition coefficient (Wildman–Crippen LogP) is 1.82. The Morgan fingerprint density at radius 3 is 2.69 bits per heavy atom. The van der Waals surface area contributed by atoms with Crippen molar-refractivity contribution in [1.29, 1.82) is 0 Å². The number of halogens is 1. The molecule has 0 aliphatic carbocycles. The number of benzene rings is 1. The number of rotatable bonds is 1. The van der Waals surface area contributed by atoms with E-state index in [4.69, 9.17) is 17.3 Å². The number of nitrogens with zero attached hydrogens (tertiary/aromatic N) is 1. The summed E-state index contributed by atoms with van der Waals surface area (Å²) < 4.78 is 0. The summed E-state index contributed by atoms with van der Waals surface area (Å²) in [4.78, 5) is 24.6. The molecule has 1 unspecified atom stereocenters. The summed E-state index contributed by atoms with van der Waals surface area (Å²) in [6.07, 6.45) is 0.226. The zero-order chi connectivity index (χ0) is 11.9. The maximum Gasteiger partial charge on any atom is 0.237 e. The Kier molecular flexibility index (Phi) is 2.59. The third kappa shape index (κ3) is 1.65. The van der Waals surface area contributed by atoms with Crippen molar-refractivity contribution >= 4 is 34.8 Å². The molecule has 1 heterocycles. The molecule has 84 valence electrons.